The maximum Gasteiger partial charge on any atom is 0.422 e. The van der Waals surface area contributed by atoms with Gasteiger partial charge in [-0.3, -0.25) is 4.79 Å². The first-order chi connectivity index (χ1) is 16.0. The maximum absolute atomic E-state index is 13.1. The van der Waals surface area contributed by atoms with Gasteiger partial charge in [0, 0.05) is 12.3 Å². The lowest BCUT2D eigenvalue weighted by Gasteiger charge is -2.29. The number of alkyl halides is 3. The first kappa shape index (κ1) is 23.6. The Balaban J connectivity index is 1.37. The summed E-state index contributed by atoms with van der Waals surface area (Å²) in [6.45, 7) is 0.430. The number of amides is 2. The van der Waals surface area contributed by atoms with Gasteiger partial charge in [0.25, 0.3) is 0 Å². The number of fused-ring (bicyclic) bond motifs is 3. The second-order valence-electron chi connectivity index (χ2n) is 8.88. The minimum absolute atomic E-state index is 0.0489. The molecule has 2 amide bonds. The molecular weight excluding hydrogens is 453 g/mol. The topological polar surface area (TPSA) is 105 Å². The summed E-state index contributed by atoms with van der Waals surface area (Å²) < 4.78 is 44.9. The number of carboxylic acids is 1. The van der Waals surface area contributed by atoms with Gasteiger partial charge in [-0.05, 0) is 42.0 Å². The summed E-state index contributed by atoms with van der Waals surface area (Å²) in [4.78, 5) is 35.8. The van der Waals surface area contributed by atoms with Gasteiger partial charge >= 0.3 is 18.2 Å². The van der Waals surface area contributed by atoms with E-state index in [-0.39, 0.29) is 12.5 Å². The van der Waals surface area contributed by atoms with E-state index in [9.17, 15) is 27.6 Å². The van der Waals surface area contributed by atoms with Gasteiger partial charge in [-0.25, -0.2) is 9.59 Å². The molecule has 0 aromatic heterocycles. The largest absolute Gasteiger partial charge is 0.479 e. The average molecular weight is 476 g/mol. The molecule has 1 saturated carbocycles. The van der Waals surface area contributed by atoms with Crippen LogP contribution in [0.3, 0.4) is 0 Å². The van der Waals surface area contributed by atoms with E-state index in [0.29, 0.717) is 19.8 Å². The van der Waals surface area contributed by atoms with Crippen LogP contribution < -0.4 is 10.6 Å². The summed E-state index contributed by atoms with van der Waals surface area (Å²) in [5.41, 5.74) is -0.307. The van der Waals surface area contributed by atoms with Crippen LogP contribution in [-0.2, 0) is 14.3 Å². The second-order valence-corrected chi connectivity index (χ2v) is 8.88. The van der Waals surface area contributed by atoms with E-state index in [2.05, 4.69) is 5.32 Å². The molecule has 0 bridgehead atoms. The molecule has 1 fully saturated rings. The minimum Gasteiger partial charge on any atom is -0.479 e. The highest BCUT2D eigenvalue weighted by molar-refractivity contribution is 5.88. The van der Waals surface area contributed by atoms with Crippen molar-refractivity contribution in [3.63, 3.8) is 0 Å². The van der Waals surface area contributed by atoms with Crippen molar-refractivity contribution >= 4 is 18.0 Å². The first-order valence-electron chi connectivity index (χ1n) is 10.7. The number of aliphatic carboxylic acids is 1. The highest BCUT2D eigenvalue weighted by Gasteiger charge is 2.59. The zero-order chi connectivity index (χ0) is 24.7. The summed E-state index contributed by atoms with van der Waals surface area (Å²) in [7, 11) is 0. The molecule has 7 nitrogen and oxygen atoms in total. The van der Waals surface area contributed by atoms with Crippen molar-refractivity contribution in [1.82, 2.24) is 10.6 Å². The molecule has 1 atom stereocenters. The molecule has 4 rings (SSSR count). The fourth-order valence-corrected chi connectivity index (χ4v) is 4.22. The Morgan fingerprint density at radius 1 is 1.03 bits per heavy atom. The van der Waals surface area contributed by atoms with Crippen LogP contribution in [0.5, 0.6) is 0 Å². The number of hydrogen-bond donors (Lipinski definition) is 3. The highest BCUT2D eigenvalue weighted by Crippen LogP contribution is 2.45. The monoisotopic (exact) mass is 476 g/mol. The standard InChI is InChI=1S/C24H23F3N2O5/c1-22(20(31)32,24(25,26)27)28-19(30)12-23(10-11-23)29-21(33)34-13-18-16-8-4-2-6-14(16)15-7-3-5-9-17(15)18/h2-9,18H,10-13H2,1H3,(H,28,30)(H,29,33)(H,31,32). The van der Waals surface area contributed by atoms with E-state index in [1.807, 2.05) is 48.5 Å². The van der Waals surface area contributed by atoms with Gasteiger partial charge in [-0.15, -0.1) is 0 Å². The number of alkyl carbamates (subject to hydrolysis) is 1. The Labute approximate surface area is 193 Å². The van der Waals surface area contributed by atoms with Crippen molar-refractivity contribution in [2.24, 2.45) is 0 Å². The molecule has 2 aliphatic rings. The third-order valence-electron chi connectivity index (χ3n) is 6.45. The molecule has 2 aromatic carbocycles. The third-order valence-corrected chi connectivity index (χ3v) is 6.45. The summed E-state index contributed by atoms with van der Waals surface area (Å²) >= 11 is 0. The number of rotatable bonds is 7. The van der Waals surface area contributed by atoms with E-state index >= 15 is 0 Å². The van der Waals surface area contributed by atoms with Gasteiger partial charge in [0.1, 0.15) is 6.61 Å². The number of ether oxygens (including phenoxy) is 1. The number of benzene rings is 2. The number of halogens is 3. The van der Waals surface area contributed by atoms with Crippen LogP contribution in [-0.4, -0.2) is 46.9 Å². The van der Waals surface area contributed by atoms with Crippen molar-refractivity contribution in [2.75, 3.05) is 6.61 Å². The minimum atomic E-state index is -5.19. The molecule has 180 valence electrons. The molecule has 0 heterocycles. The van der Waals surface area contributed by atoms with Gasteiger partial charge in [-0.1, -0.05) is 48.5 Å². The van der Waals surface area contributed by atoms with Crippen LogP contribution >= 0.6 is 0 Å². The molecule has 10 heteroatoms. The predicted molar refractivity (Wildman–Crippen MR) is 115 cm³/mol. The van der Waals surface area contributed by atoms with Crippen LogP contribution in [0.1, 0.15) is 43.2 Å². The molecule has 2 aliphatic carbocycles. The quantitative estimate of drug-likeness (QED) is 0.561. The van der Waals surface area contributed by atoms with Crippen LogP contribution in [0.2, 0.25) is 0 Å². The summed E-state index contributed by atoms with van der Waals surface area (Å²) in [5.74, 6) is -3.51. The van der Waals surface area contributed by atoms with Crippen LogP contribution in [0.25, 0.3) is 11.1 Å². The molecule has 0 aliphatic heterocycles. The number of carbonyl (C=O) groups is 3. The smallest absolute Gasteiger partial charge is 0.422 e. The molecule has 0 saturated heterocycles. The average Bonchev–Trinajstić information content (AvgIpc) is 3.43. The number of carbonyl (C=O) groups excluding carboxylic acids is 2. The number of hydrogen-bond acceptors (Lipinski definition) is 4. The van der Waals surface area contributed by atoms with Crippen LogP contribution in [0.15, 0.2) is 48.5 Å². The number of nitrogens with one attached hydrogen (secondary N) is 2. The fourth-order valence-electron chi connectivity index (χ4n) is 4.22. The first-order valence-corrected chi connectivity index (χ1v) is 10.7. The predicted octanol–water partition coefficient (Wildman–Crippen LogP) is 3.97. The Bertz CT molecular complexity index is 1100. The molecule has 0 radical (unpaired) electrons. The van der Waals surface area contributed by atoms with Crippen molar-refractivity contribution in [1.29, 1.82) is 0 Å². The summed E-state index contributed by atoms with van der Waals surface area (Å²) in [5, 5.41) is 13.1. The molecular formula is C24H23F3N2O5. The van der Waals surface area contributed by atoms with E-state index in [4.69, 9.17) is 9.84 Å². The lowest BCUT2D eigenvalue weighted by atomic mass is 9.98. The molecule has 1 unspecified atom stereocenters. The number of carboxylic acid groups (broad SMARTS) is 1. The van der Waals surface area contributed by atoms with Gasteiger partial charge in [0.05, 0.1) is 5.54 Å². The van der Waals surface area contributed by atoms with Crippen molar-refractivity contribution in [2.45, 2.75) is 49.4 Å². The lowest BCUT2D eigenvalue weighted by Crippen LogP contribution is -2.62. The second kappa shape index (κ2) is 8.34. The van der Waals surface area contributed by atoms with Gasteiger partial charge in [0.15, 0.2) is 0 Å². The van der Waals surface area contributed by atoms with Crippen molar-refractivity contribution in [3.8, 4) is 11.1 Å². The van der Waals surface area contributed by atoms with Crippen molar-refractivity contribution in [3.05, 3.63) is 59.7 Å². The molecule has 2 aromatic rings. The summed E-state index contributed by atoms with van der Waals surface area (Å²) in [6.07, 6.45) is -5.74. The van der Waals surface area contributed by atoms with E-state index in [1.54, 1.807) is 5.32 Å². The molecule has 34 heavy (non-hydrogen) atoms. The zero-order valence-electron chi connectivity index (χ0n) is 18.2. The van der Waals surface area contributed by atoms with Crippen LogP contribution in [0.4, 0.5) is 18.0 Å². The van der Waals surface area contributed by atoms with Crippen LogP contribution in [0, 0.1) is 0 Å². The molecule has 3 N–H and O–H groups in total. The van der Waals surface area contributed by atoms with E-state index < -0.39 is 41.6 Å². The fraction of sp³-hybridized carbons (Fsp3) is 0.375. The van der Waals surface area contributed by atoms with Gasteiger partial charge in [0.2, 0.25) is 11.4 Å². The summed E-state index contributed by atoms with van der Waals surface area (Å²) in [6, 6.07) is 15.6. The SMILES string of the molecule is CC(NC(=O)CC1(NC(=O)OCC2c3ccccc3-c3ccccc32)CC1)(C(=O)O)C(F)(F)F. The Morgan fingerprint density at radius 2 is 1.56 bits per heavy atom. The van der Waals surface area contributed by atoms with Gasteiger partial charge in [-0.2, -0.15) is 13.2 Å². The van der Waals surface area contributed by atoms with E-state index in [0.717, 1.165) is 22.3 Å². The lowest BCUT2D eigenvalue weighted by molar-refractivity contribution is -0.207. The zero-order valence-corrected chi connectivity index (χ0v) is 18.2. The maximum atomic E-state index is 13.1. The van der Waals surface area contributed by atoms with Gasteiger partial charge < -0.3 is 20.5 Å². The van der Waals surface area contributed by atoms with Crippen molar-refractivity contribution < 1.29 is 37.4 Å². The Hall–Kier alpha value is -3.56. The molecule has 0 spiro atoms. The normalized spacial score (nSPS) is 17.6. The third kappa shape index (κ3) is 4.32. The van der Waals surface area contributed by atoms with E-state index in [1.165, 1.54) is 0 Å². The Kier molecular flexibility index (Phi) is 5.79. The highest BCUT2D eigenvalue weighted by atomic mass is 19.4. The Morgan fingerprint density at radius 3 is 2.03 bits per heavy atom.